The van der Waals surface area contributed by atoms with Gasteiger partial charge in [-0.3, -0.25) is 0 Å². The highest BCUT2D eigenvalue weighted by Gasteiger charge is 2.44. The van der Waals surface area contributed by atoms with Gasteiger partial charge in [0.25, 0.3) is 0 Å². The van der Waals surface area contributed by atoms with Crippen molar-refractivity contribution in [2.24, 2.45) is 0 Å². The quantitative estimate of drug-likeness (QED) is 0.632. The number of carbonyl (C=O) groups excluding carboxylic acids is 1. The number of rotatable bonds is 4. The lowest BCUT2D eigenvalue weighted by molar-refractivity contribution is -0.138. The number of esters is 1. The summed E-state index contributed by atoms with van der Waals surface area (Å²) in [6, 6.07) is 9.37. The molecule has 22 heavy (non-hydrogen) atoms. The summed E-state index contributed by atoms with van der Waals surface area (Å²) in [7, 11) is 0. The Kier molecular flexibility index (Phi) is 5.32. The van der Waals surface area contributed by atoms with Crippen LogP contribution in [0.5, 0.6) is 0 Å². The first-order chi connectivity index (χ1) is 10.4. The molecule has 1 aromatic carbocycles. The molecule has 1 aliphatic heterocycles. The SMILES string of the molecule is CCOC(=O)C1=CCN([S@+]([O-])C(C)(C)C)[C@H]1c1ccccc1. The molecule has 0 aromatic heterocycles. The molecule has 5 heteroatoms. The van der Waals surface area contributed by atoms with E-state index in [-0.39, 0.29) is 16.8 Å². The minimum absolute atomic E-state index is 0.319. The second-order valence-electron chi connectivity index (χ2n) is 6.15. The van der Waals surface area contributed by atoms with E-state index in [1.165, 1.54) is 0 Å². The van der Waals surface area contributed by atoms with Crippen LogP contribution in [0.4, 0.5) is 0 Å². The summed E-state index contributed by atoms with van der Waals surface area (Å²) in [6.07, 6.45) is 1.83. The van der Waals surface area contributed by atoms with Crippen molar-refractivity contribution in [2.45, 2.75) is 38.5 Å². The predicted molar refractivity (Wildman–Crippen MR) is 88.5 cm³/mol. The Labute approximate surface area is 135 Å². The first-order valence-corrected chi connectivity index (χ1v) is 8.57. The van der Waals surface area contributed by atoms with Gasteiger partial charge in [-0.05, 0) is 33.3 Å². The lowest BCUT2D eigenvalue weighted by Crippen LogP contribution is -2.43. The van der Waals surface area contributed by atoms with Gasteiger partial charge in [-0.2, -0.15) is 0 Å². The summed E-state index contributed by atoms with van der Waals surface area (Å²) in [5.74, 6) is -0.329. The molecule has 0 fully saturated rings. The van der Waals surface area contributed by atoms with E-state index in [9.17, 15) is 9.35 Å². The maximum absolute atomic E-state index is 12.8. The summed E-state index contributed by atoms with van der Waals surface area (Å²) in [6.45, 7) is 8.42. The van der Waals surface area contributed by atoms with Gasteiger partial charge in [-0.1, -0.05) is 36.4 Å². The highest BCUT2D eigenvalue weighted by atomic mass is 32.2. The van der Waals surface area contributed by atoms with Crippen molar-refractivity contribution in [3.8, 4) is 0 Å². The highest BCUT2D eigenvalue weighted by molar-refractivity contribution is 7.90. The molecule has 120 valence electrons. The fraction of sp³-hybridized carbons (Fsp3) is 0.471. The average molecular weight is 321 g/mol. The number of hydrogen-bond donors (Lipinski definition) is 0. The Morgan fingerprint density at radius 2 is 2.00 bits per heavy atom. The lowest BCUT2D eigenvalue weighted by Gasteiger charge is -2.34. The lowest BCUT2D eigenvalue weighted by atomic mass is 10.0. The van der Waals surface area contributed by atoms with Crippen LogP contribution in [-0.2, 0) is 20.9 Å². The van der Waals surface area contributed by atoms with Crippen molar-refractivity contribution >= 4 is 17.3 Å². The Bertz CT molecular complexity index is 551. The van der Waals surface area contributed by atoms with Crippen LogP contribution >= 0.6 is 0 Å². The molecular formula is C17H23NO3S. The van der Waals surface area contributed by atoms with Crippen LogP contribution < -0.4 is 0 Å². The number of ether oxygens (including phenoxy) is 1. The first-order valence-electron chi connectivity index (χ1n) is 7.47. The molecule has 1 aromatic rings. The molecule has 1 heterocycles. The monoisotopic (exact) mass is 321 g/mol. The van der Waals surface area contributed by atoms with Crippen LogP contribution in [0.25, 0.3) is 0 Å². The van der Waals surface area contributed by atoms with E-state index in [2.05, 4.69) is 0 Å². The smallest absolute Gasteiger partial charge is 0.335 e. The third-order valence-electron chi connectivity index (χ3n) is 3.44. The van der Waals surface area contributed by atoms with E-state index < -0.39 is 11.4 Å². The molecule has 0 saturated carbocycles. The number of carbonyl (C=O) groups is 1. The van der Waals surface area contributed by atoms with Crippen molar-refractivity contribution in [3.63, 3.8) is 0 Å². The van der Waals surface area contributed by atoms with Crippen LogP contribution in [0.15, 0.2) is 42.0 Å². The van der Waals surface area contributed by atoms with Gasteiger partial charge < -0.3 is 9.29 Å². The van der Waals surface area contributed by atoms with E-state index >= 15 is 0 Å². The van der Waals surface area contributed by atoms with Gasteiger partial charge in [0.2, 0.25) is 0 Å². The maximum Gasteiger partial charge on any atom is 0.335 e. The normalized spacial score (nSPS) is 20.6. The van der Waals surface area contributed by atoms with Crippen LogP contribution in [-0.4, -0.2) is 32.7 Å². The summed E-state index contributed by atoms with van der Waals surface area (Å²) >= 11 is -1.21. The van der Waals surface area contributed by atoms with Gasteiger partial charge in [0.15, 0.2) is 0 Å². The molecule has 0 bridgehead atoms. The molecule has 0 N–H and O–H groups in total. The molecule has 0 spiro atoms. The van der Waals surface area contributed by atoms with Gasteiger partial charge in [0.1, 0.15) is 10.8 Å². The van der Waals surface area contributed by atoms with Crippen molar-refractivity contribution in [3.05, 3.63) is 47.5 Å². The fourth-order valence-electron chi connectivity index (χ4n) is 2.47. The van der Waals surface area contributed by atoms with E-state index in [4.69, 9.17) is 4.74 Å². The van der Waals surface area contributed by atoms with Crippen molar-refractivity contribution < 1.29 is 14.1 Å². The summed E-state index contributed by atoms with van der Waals surface area (Å²) < 4.78 is 19.5. The maximum atomic E-state index is 12.8. The van der Waals surface area contributed by atoms with Gasteiger partial charge >= 0.3 is 5.97 Å². The number of hydrogen-bond acceptors (Lipinski definition) is 4. The van der Waals surface area contributed by atoms with Crippen LogP contribution in [0.3, 0.4) is 0 Å². The molecule has 0 unspecified atom stereocenters. The van der Waals surface area contributed by atoms with Gasteiger partial charge in [-0.15, -0.1) is 4.31 Å². The molecule has 0 saturated heterocycles. The Hall–Kier alpha value is -1.30. The van der Waals surface area contributed by atoms with Crippen molar-refractivity contribution in [2.75, 3.05) is 13.2 Å². The topological polar surface area (TPSA) is 52.6 Å². The van der Waals surface area contributed by atoms with E-state index in [0.717, 1.165) is 5.56 Å². The Morgan fingerprint density at radius 3 is 2.55 bits per heavy atom. The minimum atomic E-state index is -1.21. The summed E-state index contributed by atoms with van der Waals surface area (Å²) in [5, 5.41) is 0. The molecule has 0 amide bonds. The molecule has 0 aliphatic carbocycles. The largest absolute Gasteiger partial charge is 0.597 e. The standard InChI is InChI=1S/C17H23NO3S/c1-5-21-16(19)14-11-12-18(22(20)17(2,3)4)15(14)13-9-7-6-8-10-13/h6-11,15H,5,12H2,1-4H3/t15-,22+/m0/s1. The zero-order valence-corrected chi connectivity index (χ0v) is 14.4. The third-order valence-corrected chi connectivity index (χ3v) is 5.27. The summed E-state index contributed by atoms with van der Waals surface area (Å²) in [4.78, 5) is 12.2. The molecule has 2 rings (SSSR count). The summed E-state index contributed by atoms with van der Waals surface area (Å²) in [5.41, 5.74) is 1.53. The Morgan fingerprint density at radius 1 is 1.36 bits per heavy atom. The van der Waals surface area contributed by atoms with Gasteiger partial charge in [-0.25, -0.2) is 4.79 Å². The second-order valence-corrected chi connectivity index (χ2v) is 8.35. The zero-order chi connectivity index (χ0) is 16.3. The van der Waals surface area contributed by atoms with E-state index in [0.29, 0.717) is 18.7 Å². The first kappa shape index (κ1) is 17.1. The predicted octanol–water partition coefficient (Wildman–Crippen LogP) is 3.00. The van der Waals surface area contributed by atoms with Crippen molar-refractivity contribution in [1.82, 2.24) is 4.31 Å². The van der Waals surface area contributed by atoms with Gasteiger partial charge in [0.05, 0.1) is 18.7 Å². The second kappa shape index (κ2) is 6.86. The molecule has 0 radical (unpaired) electrons. The number of nitrogens with zero attached hydrogens (tertiary/aromatic N) is 1. The molecule has 2 atom stereocenters. The minimum Gasteiger partial charge on any atom is -0.597 e. The molecule has 4 nitrogen and oxygen atoms in total. The zero-order valence-electron chi connectivity index (χ0n) is 13.5. The van der Waals surface area contributed by atoms with Gasteiger partial charge in [0, 0.05) is 11.4 Å². The Balaban J connectivity index is 2.36. The average Bonchev–Trinajstić information content (AvgIpc) is 2.91. The van der Waals surface area contributed by atoms with E-state index in [1.807, 2.05) is 61.5 Å². The number of benzene rings is 1. The van der Waals surface area contributed by atoms with E-state index in [1.54, 1.807) is 6.92 Å². The third kappa shape index (κ3) is 3.54. The molecular weight excluding hydrogens is 298 g/mol. The van der Waals surface area contributed by atoms with Crippen LogP contribution in [0, 0.1) is 0 Å². The van der Waals surface area contributed by atoms with Crippen LogP contribution in [0.1, 0.15) is 39.3 Å². The fourth-order valence-corrected chi connectivity index (χ4v) is 3.81. The van der Waals surface area contributed by atoms with Crippen molar-refractivity contribution in [1.29, 1.82) is 0 Å². The van der Waals surface area contributed by atoms with Crippen LogP contribution in [0.2, 0.25) is 0 Å². The highest BCUT2D eigenvalue weighted by Crippen LogP contribution is 2.39. The molecule has 1 aliphatic rings.